The van der Waals surface area contributed by atoms with Crippen LogP contribution in [0.5, 0.6) is 0 Å². The number of aryl methyl sites for hydroxylation is 3. The quantitative estimate of drug-likeness (QED) is 0.921. The second kappa shape index (κ2) is 6.41. The van der Waals surface area contributed by atoms with Gasteiger partial charge in [-0.1, -0.05) is 35.9 Å². The summed E-state index contributed by atoms with van der Waals surface area (Å²) in [6, 6.07) is 8.94. The van der Waals surface area contributed by atoms with E-state index in [-0.39, 0.29) is 6.61 Å². The molecule has 0 saturated carbocycles. The van der Waals surface area contributed by atoms with Crippen LogP contribution in [-0.4, -0.2) is 32.9 Å². The number of nitrogens with zero attached hydrogens (tertiary/aromatic N) is 3. The Hall–Kier alpha value is -1.36. The molecule has 0 aliphatic heterocycles. The van der Waals surface area contributed by atoms with Gasteiger partial charge in [0.25, 0.3) is 0 Å². The van der Waals surface area contributed by atoms with E-state index >= 15 is 0 Å². The first-order valence-electron chi connectivity index (χ1n) is 7.72. The van der Waals surface area contributed by atoms with Gasteiger partial charge in [0.2, 0.25) is 0 Å². The molecule has 0 amide bonds. The Morgan fingerprint density at radius 2 is 2.18 bits per heavy atom. The normalized spacial score (nSPS) is 17.2. The minimum Gasteiger partial charge on any atom is -0.395 e. The highest BCUT2D eigenvalue weighted by atomic mass is 35.5. The molecule has 1 aliphatic rings. The summed E-state index contributed by atoms with van der Waals surface area (Å²) in [5, 5.41) is 14.5. The molecular formula is C17H22ClN3O. The largest absolute Gasteiger partial charge is 0.395 e. The van der Waals surface area contributed by atoms with Gasteiger partial charge >= 0.3 is 0 Å². The second-order valence-electron chi connectivity index (χ2n) is 5.93. The number of hydrogen-bond acceptors (Lipinski definition) is 3. The first kappa shape index (κ1) is 15.5. The van der Waals surface area contributed by atoms with Crippen molar-refractivity contribution in [1.82, 2.24) is 14.7 Å². The van der Waals surface area contributed by atoms with E-state index in [9.17, 15) is 5.11 Å². The molecule has 2 aromatic rings. The maximum absolute atomic E-state index is 9.47. The minimum absolute atomic E-state index is 0.148. The smallest absolute Gasteiger partial charge is 0.131 e. The number of aromatic nitrogens is 2. The molecule has 1 atom stereocenters. The van der Waals surface area contributed by atoms with Crippen molar-refractivity contribution in [3.05, 3.63) is 51.8 Å². The standard InChI is InChI=1S/C17H22ClN3O/c1-12-15(17(18)20(2)19-12)11-21(9-10-22)16-8-7-13-5-3-4-6-14(13)16/h3-6,16,22H,7-11H2,1-2H3. The van der Waals surface area contributed by atoms with Crippen molar-refractivity contribution in [1.29, 1.82) is 0 Å². The van der Waals surface area contributed by atoms with E-state index in [2.05, 4.69) is 34.3 Å². The lowest BCUT2D eigenvalue weighted by atomic mass is 10.1. The van der Waals surface area contributed by atoms with Crippen LogP contribution in [0.3, 0.4) is 0 Å². The molecule has 5 heteroatoms. The lowest BCUT2D eigenvalue weighted by Crippen LogP contribution is -2.30. The average molecular weight is 320 g/mol. The number of benzene rings is 1. The highest BCUT2D eigenvalue weighted by Gasteiger charge is 2.28. The minimum atomic E-state index is 0.148. The van der Waals surface area contributed by atoms with Crippen molar-refractivity contribution in [3.63, 3.8) is 0 Å². The molecule has 22 heavy (non-hydrogen) atoms. The number of hydrogen-bond donors (Lipinski definition) is 1. The maximum Gasteiger partial charge on any atom is 0.131 e. The zero-order chi connectivity index (χ0) is 15.7. The van der Waals surface area contributed by atoms with E-state index in [1.54, 1.807) is 4.68 Å². The molecule has 1 N–H and O–H groups in total. The third kappa shape index (κ3) is 2.78. The first-order valence-corrected chi connectivity index (χ1v) is 8.10. The summed E-state index contributed by atoms with van der Waals surface area (Å²) in [4.78, 5) is 2.32. The molecule has 1 unspecified atom stereocenters. The van der Waals surface area contributed by atoms with E-state index in [1.807, 2.05) is 14.0 Å². The number of halogens is 1. The maximum atomic E-state index is 9.47. The molecule has 3 rings (SSSR count). The molecule has 0 spiro atoms. The van der Waals surface area contributed by atoms with Crippen LogP contribution in [0.1, 0.15) is 34.8 Å². The lowest BCUT2D eigenvalue weighted by molar-refractivity contribution is 0.142. The van der Waals surface area contributed by atoms with Crippen LogP contribution in [0.15, 0.2) is 24.3 Å². The molecule has 0 radical (unpaired) electrons. The molecule has 1 aromatic heterocycles. The van der Waals surface area contributed by atoms with Crippen LogP contribution >= 0.6 is 11.6 Å². The molecule has 118 valence electrons. The summed E-state index contributed by atoms with van der Waals surface area (Å²) in [5.74, 6) is 0. The van der Waals surface area contributed by atoms with Gasteiger partial charge in [-0.3, -0.25) is 9.58 Å². The van der Waals surface area contributed by atoms with Crippen molar-refractivity contribution in [2.45, 2.75) is 32.4 Å². The van der Waals surface area contributed by atoms with Gasteiger partial charge in [0, 0.05) is 31.7 Å². The van der Waals surface area contributed by atoms with Gasteiger partial charge in [-0.2, -0.15) is 5.10 Å². The number of aliphatic hydroxyl groups is 1. The van der Waals surface area contributed by atoms with Gasteiger partial charge in [-0.15, -0.1) is 0 Å². The van der Waals surface area contributed by atoms with Crippen LogP contribution in [0, 0.1) is 6.92 Å². The van der Waals surface area contributed by atoms with Crippen LogP contribution in [-0.2, 0) is 20.0 Å². The van der Waals surface area contributed by atoms with Crippen LogP contribution in [0.2, 0.25) is 5.15 Å². The van der Waals surface area contributed by atoms with Gasteiger partial charge in [-0.05, 0) is 30.9 Å². The summed E-state index contributed by atoms with van der Waals surface area (Å²) in [7, 11) is 1.86. The average Bonchev–Trinajstić information content (AvgIpc) is 3.03. The molecule has 0 saturated heterocycles. The summed E-state index contributed by atoms with van der Waals surface area (Å²) < 4.78 is 1.71. The van der Waals surface area contributed by atoms with Crippen molar-refractivity contribution in [2.75, 3.05) is 13.2 Å². The van der Waals surface area contributed by atoms with Gasteiger partial charge in [-0.25, -0.2) is 0 Å². The molecular weight excluding hydrogens is 298 g/mol. The predicted molar refractivity (Wildman–Crippen MR) is 88.0 cm³/mol. The van der Waals surface area contributed by atoms with Crippen LogP contribution in [0.4, 0.5) is 0 Å². The Labute approximate surface area is 136 Å². The Kier molecular flexibility index (Phi) is 4.52. The van der Waals surface area contributed by atoms with Gasteiger partial charge in [0.1, 0.15) is 5.15 Å². The molecule has 1 aromatic carbocycles. The van der Waals surface area contributed by atoms with Crippen LogP contribution < -0.4 is 0 Å². The zero-order valence-electron chi connectivity index (χ0n) is 13.1. The van der Waals surface area contributed by atoms with E-state index in [1.165, 1.54) is 11.1 Å². The van der Waals surface area contributed by atoms with Crippen molar-refractivity contribution >= 4 is 11.6 Å². The molecule has 0 bridgehead atoms. The SMILES string of the molecule is Cc1nn(C)c(Cl)c1CN(CCO)C1CCc2ccccc21. The summed E-state index contributed by atoms with van der Waals surface area (Å²) in [6.45, 7) is 3.50. The van der Waals surface area contributed by atoms with E-state index in [4.69, 9.17) is 11.6 Å². The first-order chi connectivity index (χ1) is 10.6. The number of rotatable bonds is 5. The van der Waals surface area contributed by atoms with E-state index < -0.39 is 0 Å². The van der Waals surface area contributed by atoms with Gasteiger partial charge < -0.3 is 5.11 Å². The van der Waals surface area contributed by atoms with Crippen molar-refractivity contribution < 1.29 is 5.11 Å². The predicted octanol–water partition coefficient (Wildman–Crippen LogP) is 2.86. The lowest BCUT2D eigenvalue weighted by Gasteiger charge is -2.29. The molecule has 1 aliphatic carbocycles. The Morgan fingerprint density at radius 3 is 2.86 bits per heavy atom. The fraction of sp³-hybridized carbons (Fsp3) is 0.471. The summed E-state index contributed by atoms with van der Waals surface area (Å²) >= 11 is 6.38. The third-order valence-corrected chi connectivity index (χ3v) is 5.03. The molecule has 0 fully saturated rings. The Bertz CT molecular complexity index is 668. The van der Waals surface area contributed by atoms with Crippen molar-refractivity contribution in [2.24, 2.45) is 7.05 Å². The van der Waals surface area contributed by atoms with Gasteiger partial charge in [0.15, 0.2) is 0 Å². The molecule has 4 nitrogen and oxygen atoms in total. The second-order valence-corrected chi connectivity index (χ2v) is 6.28. The summed E-state index contributed by atoms with van der Waals surface area (Å²) in [6.07, 6.45) is 2.19. The summed E-state index contributed by atoms with van der Waals surface area (Å²) in [5.41, 5.74) is 4.82. The number of fused-ring (bicyclic) bond motifs is 1. The highest BCUT2D eigenvalue weighted by Crippen LogP contribution is 2.37. The fourth-order valence-corrected chi connectivity index (χ4v) is 3.68. The van der Waals surface area contributed by atoms with Crippen molar-refractivity contribution in [3.8, 4) is 0 Å². The van der Waals surface area contributed by atoms with E-state index in [0.717, 1.165) is 30.6 Å². The third-order valence-electron chi connectivity index (χ3n) is 4.56. The monoisotopic (exact) mass is 319 g/mol. The fourth-order valence-electron chi connectivity index (χ4n) is 3.44. The highest BCUT2D eigenvalue weighted by molar-refractivity contribution is 6.30. The van der Waals surface area contributed by atoms with E-state index in [0.29, 0.717) is 17.7 Å². The number of aliphatic hydroxyl groups excluding tert-OH is 1. The Balaban J connectivity index is 1.88. The topological polar surface area (TPSA) is 41.3 Å². The van der Waals surface area contributed by atoms with Crippen LogP contribution in [0.25, 0.3) is 0 Å². The Morgan fingerprint density at radius 1 is 1.41 bits per heavy atom. The van der Waals surface area contributed by atoms with Gasteiger partial charge in [0.05, 0.1) is 12.3 Å². The molecule has 1 heterocycles. The zero-order valence-corrected chi connectivity index (χ0v) is 13.8.